The first-order valence-electron chi connectivity index (χ1n) is 5.86. The normalized spacial score (nSPS) is 22.1. The minimum atomic E-state index is -1.34. The number of likely N-dealkylation sites (N-methyl/N-ethyl adjacent to an activating group) is 1. The number of anilines is 1. The van der Waals surface area contributed by atoms with Crippen LogP contribution in [-0.2, 0) is 5.60 Å². The maximum absolute atomic E-state index is 11.0. The van der Waals surface area contributed by atoms with E-state index in [-0.39, 0.29) is 5.84 Å². The number of para-hydroxylation sites is 1. The van der Waals surface area contributed by atoms with Crippen LogP contribution >= 0.6 is 0 Å². The highest BCUT2D eigenvalue weighted by Gasteiger charge is 2.46. The molecule has 3 nitrogen and oxygen atoms in total. The van der Waals surface area contributed by atoms with E-state index < -0.39 is 5.60 Å². The number of aliphatic hydroxyl groups is 1. The highest BCUT2D eigenvalue weighted by molar-refractivity contribution is 6.10. The molecule has 0 amide bonds. The van der Waals surface area contributed by atoms with Gasteiger partial charge in [0.2, 0.25) is 0 Å². The third kappa shape index (κ3) is 1.25. The van der Waals surface area contributed by atoms with E-state index in [0.717, 1.165) is 16.8 Å². The second-order valence-electron chi connectivity index (χ2n) is 4.50. The lowest BCUT2D eigenvalue weighted by molar-refractivity contribution is 0.158. The van der Waals surface area contributed by atoms with Gasteiger partial charge in [-0.1, -0.05) is 48.5 Å². The summed E-state index contributed by atoms with van der Waals surface area (Å²) in [4.78, 5) is 1.72. The number of nitrogens with one attached hydrogen (secondary N) is 1. The molecule has 1 aliphatic heterocycles. The van der Waals surface area contributed by atoms with Crippen LogP contribution in [0.3, 0.4) is 0 Å². The molecule has 1 atom stereocenters. The van der Waals surface area contributed by atoms with Crippen LogP contribution in [0.2, 0.25) is 0 Å². The van der Waals surface area contributed by atoms with Gasteiger partial charge in [0.25, 0.3) is 0 Å². The van der Waals surface area contributed by atoms with Gasteiger partial charge in [-0.25, -0.2) is 0 Å². The van der Waals surface area contributed by atoms with Gasteiger partial charge in [0.15, 0.2) is 5.60 Å². The lowest BCUT2D eigenvalue weighted by atomic mass is 9.87. The second kappa shape index (κ2) is 3.68. The molecule has 1 heterocycles. The van der Waals surface area contributed by atoms with E-state index in [1.54, 1.807) is 4.90 Å². The molecular formula is C15H14N2O. The number of hydrogen-bond donors (Lipinski definition) is 2. The summed E-state index contributed by atoms with van der Waals surface area (Å²) < 4.78 is 0. The van der Waals surface area contributed by atoms with E-state index in [2.05, 4.69) is 0 Å². The van der Waals surface area contributed by atoms with E-state index in [4.69, 9.17) is 5.41 Å². The number of amidine groups is 1. The maximum Gasteiger partial charge on any atom is 0.174 e. The first kappa shape index (κ1) is 11.0. The SMILES string of the molecule is CN1C(=N)[C@@](O)(c2ccccc2)c2ccccc21. The molecule has 0 unspecified atom stereocenters. The van der Waals surface area contributed by atoms with Gasteiger partial charge in [-0.2, -0.15) is 0 Å². The summed E-state index contributed by atoms with van der Waals surface area (Å²) in [5.74, 6) is 0.190. The number of hydrogen-bond acceptors (Lipinski definition) is 2. The summed E-state index contributed by atoms with van der Waals surface area (Å²) in [6.45, 7) is 0. The summed E-state index contributed by atoms with van der Waals surface area (Å²) >= 11 is 0. The quantitative estimate of drug-likeness (QED) is 0.801. The average molecular weight is 238 g/mol. The summed E-state index contributed by atoms with van der Waals surface area (Å²) in [6.07, 6.45) is 0. The van der Waals surface area contributed by atoms with Crippen LogP contribution in [-0.4, -0.2) is 18.0 Å². The second-order valence-corrected chi connectivity index (χ2v) is 4.50. The first-order valence-corrected chi connectivity index (χ1v) is 5.86. The first-order chi connectivity index (χ1) is 8.65. The zero-order valence-electron chi connectivity index (χ0n) is 10.1. The maximum atomic E-state index is 11.0. The van der Waals surface area contributed by atoms with Gasteiger partial charge in [-0.05, 0) is 11.6 Å². The number of rotatable bonds is 1. The Balaban J connectivity index is 2.27. The molecule has 2 aromatic carbocycles. The van der Waals surface area contributed by atoms with E-state index >= 15 is 0 Å². The monoisotopic (exact) mass is 238 g/mol. The third-order valence-corrected chi connectivity index (χ3v) is 3.52. The Morgan fingerprint density at radius 1 is 1.00 bits per heavy atom. The van der Waals surface area contributed by atoms with E-state index in [9.17, 15) is 5.11 Å². The summed E-state index contributed by atoms with van der Waals surface area (Å²) in [6, 6.07) is 17.0. The molecule has 0 aromatic heterocycles. The molecule has 3 heteroatoms. The average Bonchev–Trinajstić information content (AvgIpc) is 2.64. The van der Waals surface area contributed by atoms with Crippen LogP contribution in [0.1, 0.15) is 11.1 Å². The van der Waals surface area contributed by atoms with Gasteiger partial charge in [-0.15, -0.1) is 0 Å². The molecule has 0 saturated carbocycles. The molecule has 3 rings (SSSR count). The molecule has 0 aliphatic carbocycles. The van der Waals surface area contributed by atoms with Crippen molar-refractivity contribution < 1.29 is 5.11 Å². The highest BCUT2D eigenvalue weighted by Crippen LogP contribution is 2.43. The smallest absolute Gasteiger partial charge is 0.174 e. The zero-order valence-corrected chi connectivity index (χ0v) is 10.1. The fourth-order valence-corrected chi connectivity index (χ4v) is 2.53. The van der Waals surface area contributed by atoms with Crippen molar-refractivity contribution >= 4 is 11.5 Å². The summed E-state index contributed by atoms with van der Waals surface area (Å²) in [5, 5.41) is 19.2. The van der Waals surface area contributed by atoms with Gasteiger partial charge in [0, 0.05) is 18.3 Å². The Morgan fingerprint density at radius 2 is 1.61 bits per heavy atom. The molecule has 18 heavy (non-hydrogen) atoms. The Labute approximate surface area is 106 Å². The van der Waals surface area contributed by atoms with Gasteiger partial charge >= 0.3 is 0 Å². The van der Waals surface area contributed by atoms with Crippen LogP contribution in [0.25, 0.3) is 0 Å². The minimum Gasteiger partial charge on any atom is -0.373 e. The van der Waals surface area contributed by atoms with Crippen LogP contribution in [0, 0.1) is 5.41 Å². The predicted octanol–water partition coefficient (Wildman–Crippen LogP) is 2.35. The molecule has 0 saturated heterocycles. The molecule has 90 valence electrons. The molecule has 0 radical (unpaired) electrons. The molecule has 1 aliphatic rings. The van der Waals surface area contributed by atoms with E-state index in [1.165, 1.54) is 0 Å². The van der Waals surface area contributed by atoms with Crippen molar-refractivity contribution in [3.63, 3.8) is 0 Å². The molecule has 2 aromatic rings. The van der Waals surface area contributed by atoms with Gasteiger partial charge in [0.05, 0.1) is 0 Å². The van der Waals surface area contributed by atoms with Crippen molar-refractivity contribution in [2.24, 2.45) is 0 Å². The van der Waals surface area contributed by atoms with Crippen molar-refractivity contribution in [1.82, 2.24) is 0 Å². The van der Waals surface area contributed by atoms with Crippen molar-refractivity contribution in [3.8, 4) is 0 Å². The van der Waals surface area contributed by atoms with Crippen molar-refractivity contribution in [2.45, 2.75) is 5.60 Å². The van der Waals surface area contributed by atoms with E-state index in [1.807, 2.05) is 61.6 Å². The van der Waals surface area contributed by atoms with Crippen LogP contribution in [0.4, 0.5) is 5.69 Å². The minimum absolute atomic E-state index is 0.190. The van der Waals surface area contributed by atoms with Crippen LogP contribution < -0.4 is 4.90 Å². The molecule has 2 N–H and O–H groups in total. The van der Waals surface area contributed by atoms with Crippen molar-refractivity contribution in [1.29, 1.82) is 5.41 Å². The standard InChI is InChI=1S/C15H14N2O/c1-17-13-10-6-5-9-12(13)15(18,14(17)16)11-7-3-2-4-8-11/h2-10,16,18H,1H3/t15-/m1/s1. The lowest BCUT2D eigenvalue weighted by Crippen LogP contribution is -2.38. The Kier molecular flexibility index (Phi) is 2.25. The Bertz CT molecular complexity index is 609. The number of nitrogens with zero attached hydrogens (tertiary/aromatic N) is 1. The molecule has 0 fully saturated rings. The summed E-state index contributed by atoms with van der Waals surface area (Å²) in [5.41, 5.74) is 1.04. The lowest BCUT2D eigenvalue weighted by Gasteiger charge is -2.24. The predicted molar refractivity (Wildman–Crippen MR) is 72.0 cm³/mol. The van der Waals surface area contributed by atoms with E-state index in [0.29, 0.717) is 0 Å². The molecule has 0 bridgehead atoms. The summed E-state index contributed by atoms with van der Waals surface area (Å²) in [7, 11) is 1.81. The molecular weight excluding hydrogens is 224 g/mol. The Hall–Kier alpha value is -2.13. The van der Waals surface area contributed by atoms with Crippen LogP contribution in [0.5, 0.6) is 0 Å². The van der Waals surface area contributed by atoms with Gasteiger partial charge in [-0.3, -0.25) is 5.41 Å². The number of fused-ring (bicyclic) bond motifs is 1. The highest BCUT2D eigenvalue weighted by atomic mass is 16.3. The number of benzene rings is 2. The van der Waals surface area contributed by atoms with Crippen molar-refractivity contribution in [3.05, 3.63) is 65.7 Å². The van der Waals surface area contributed by atoms with Gasteiger partial charge < -0.3 is 10.0 Å². The fourth-order valence-electron chi connectivity index (χ4n) is 2.53. The topological polar surface area (TPSA) is 47.3 Å². The van der Waals surface area contributed by atoms with Crippen LogP contribution in [0.15, 0.2) is 54.6 Å². The zero-order chi connectivity index (χ0) is 12.8. The largest absolute Gasteiger partial charge is 0.373 e. The molecule has 0 spiro atoms. The van der Waals surface area contributed by atoms with Gasteiger partial charge in [0.1, 0.15) is 5.84 Å². The fraction of sp³-hybridized carbons (Fsp3) is 0.133. The Morgan fingerprint density at radius 3 is 2.33 bits per heavy atom. The van der Waals surface area contributed by atoms with Crippen molar-refractivity contribution in [2.75, 3.05) is 11.9 Å². The third-order valence-electron chi connectivity index (χ3n) is 3.52.